The number of imide groups is 1. The fraction of sp³-hybridized carbons (Fsp3) is 0.500. The summed E-state index contributed by atoms with van der Waals surface area (Å²) in [5.41, 5.74) is 1.62. The van der Waals surface area contributed by atoms with Gasteiger partial charge in [0, 0.05) is 37.2 Å². The topological polar surface area (TPSA) is 78.5 Å². The lowest BCUT2D eigenvalue weighted by Gasteiger charge is -2.38. The van der Waals surface area contributed by atoms with Crippen LogP contribution in [-0.4, -0.2) is 47.8 Å². The Morgan fingerprint density at radius 3 is 2.54 bits per heavy atom. The highest BCUT2D eigenvalue weighted by molar-refractivity contribution is 6.03. The Balaban J connectivity index is 1.67. The second-order valence-corrected chi connectivity index (χ2v) is 6.70. The van der Waals surface area contributed by atoms with E-state index in [1.807, 2.05) is 29.2 Å². The van der Waals surface area contributed by atoms with Gasteiger partial charge in [0.1, 0.15) is 0 Å². The first kappa shape index (κ1) is 16.6. The maximum Gasteiger partial charge on any atom is 0.254 e. The van der Waals surface area contributed by atoms with Gasteiger partial charge in [0.05, 0.1) is 5.92 Å². The molecule has 6 heteroatoms. The van der Waals surface area contributed by atoms with Crippen LogP contribution in [0.1, 0.15) is 36.2 Å². The molecule has 6 nitrogen and oxygen atoms in total. The smallest absolute Gasteiger partial charge is 0.254 e. The third-order valence-corrected chi connectivity index (χ3v) is 5.04. The molecule has 1 aromatic carbocycles. The zero-order chi connectivity index (χ0) is 17.3. The third kappa shape index (κ3) is 3.33. The van der Waals surface area contributed by atoms with Gasteiger partial charge in [0.25, 0.3) is 5.91 Å². The van der Waals surface area contributed by atoms with E-state index in [9.17, 15) is 14.4 Å². The molecule has 128 valence electrons. The lowest BCUT2D eigenvalue weighted by Crippen LogP contribution is -2.57. The van der Waals surface area contributed by atoms with Crippen molar-refractivity contribution in [1.82, 2.24) is 15.5 Å². The minimum absolute atomic E-state index is 0.0381. The number of carbonyl (C=O) groups is 3. The summed E-state index contributed by atoms with van der Waals surface area (Å²) in [7, 11) is 0. The first-order chi connectivity index (χ1) is 11.5. The van der Waals surface area contributed by atoms with Crippen LogP contribution in [0.15, 0.2) is 24.3 Å². The summed E-state index contributed by atoms with van der Waals surface area (Å²) in [5.74, 6) is -0.674. The molecule has 0 saturated carbocycles. The number of hydrogen-bond donors (Lipinski definition) is 2. The molecule has 2 aliphatic rings. The molecule has 2 fully saturated rings. The molecule has 2 aliphatic heterocycles. The number of rotatable bonds is 3. The number of benzene rings is 1. The van der Waals surface area contributed by atoms with Crippen molar-refractivity contribution in [2.45, 2.75) is 38.8 Å². The van der Waals surface area contributed by atoms with E-state index in [1.165, 1.54) is 0 Å². The van der Waals surface area contributed by atoms with Crippen LogP contribution in [0.5, 0.6) is 0 Å². The van der Waals surface area contributed by atoms with Gasteiger partial charge in [-0.2, -0.15) is 0 Å². The van der Waals surface area contributed by atoms with E-state index in [2.05, 4.69) is 24.5 Å². The van der Waals surface area contributed by atoms with E-state index in [-0.39, 0.29) is 42.1 Å². The van der Waals surface area contributed by atoms with E-state index < -0.39 is 0 Å². The number of amides is 3. The summed E-state index contributed by atoms with van der Waals surface area (Å²) in [4.78, 5) is 37.5. The van der Waals surface area contributed by atoms with Gasteiger partial charge >= 0.3 is 0 Å². The van der Waals surface area contributed by atoms with Crippen molar-refractivity contribution in [3.05, 3.63) is 35.4 Å². The Bertz CT molecular complexity index is 656. The van der Waals surface area contributed by atoms with E-state index in [4.69, 9.17) is 0 Å². The van der Waals surface area contributed by atoms with Crippen LogP contribution >= 0.6 is 0 Å². The molecule has 3 amide bonds. The highest BCUT2D eigenvalue weighted by atomic mass is 16.2. The molecule has 0 aromatic heterocycles. The summed E-state index contributed by atoms with van der Waals surface area (Å²) in [6.45, 7) is 5.65. The zero-order valence-corrected chi connectivity index (χ0v) is 14.0. The summed E-state index contributed by atoms with van der Waals surface area (Å²) in [5, 5.41) is 5.69. The summed E-state index contributed by atoms with van der Waals surface area (Å²) in [6, 6.07) is 7.80. The Kier molecular flexibility index (Phi) is 4.66. The van der Waals surface area contributed by atoms with E-state index in [0.717, 1.165) is 12.1 Å². The van der Waals surface area contributed by atoms with Crippen LogP contribution < -0.4 is 10.6 Å². The van der Waals surface area contributed by atoms with Crippen molar-refractivity contribution in [3.8, 4) is 0 Å². The average Bonchev–Trinajstić information content (AvgIpc) is 2.87. The van der Waals surface area contributed by atoms with Gasteiger partial charge in [-0.25, -0.2) is 0 Å². The lowest BCUT2D eigenvalue weighted by molar-refractivity contribution is -0.125. The molecule has 0 spiro atoms. The van der Waals surface area contributed by atoms with Crippen LogP contribution in [0.4, 0.5) is 0 Å². The molecule has 0 bridgehead atoms. The van der Waals surface area contributed by atoms with Crippen molar-refractivity contribution in [2.75, 3.05) is 13.1 Å². The maximum absolute atomic E-state index is 12.7. The number of hydrogen-bond acceptors (Lipinski definition) is 4. The van der Waals surface area contributed by atoms with Gasteiger partial charge in [0.15, 0.2) is 0 Å². The van der Waals surface area contributed by atoms with Crippen molar-refractivity contribution in [2.24, 2.45) is 5.92 Å². The minimum atomic E-state index is -0.298. The molecule has 3 unspecified atom stereocenters. The van der Waals surface area contributed by atoms with Gasteiger partial charge in [0.2, 0.25) is 11.8 Å². The van der Waals surface area contributed by atoms with Crippen LogP contribution in [0.3, 0.4) is 0 Å². The number of carbonyl (C=O) groups excluding carboxylic acids is 3. The highest BCUT2D eigenvalue weighted by Crippen LogP contribution is 2.19. The maximum atomic E-state index is 12.7. The molecule has 0 aliphatic carbocycles. The monoisotopic (exact) mass is 329 g/mol. The number of nitrogens with one attached hydrogen (secondary N) is 2. The largest absolute Gasteiger partial charge is 0.333 e. The Labute approximate surface area is 141 Å². The number of piperazine rings is 1. The van der Waals surface area contributed by atoms with E-state index >= 15 is 0 Å². The predicted octanol–water partition coefficient (Wildman–Crippen LogP) is 0.714. The molecular formula is C18H23N3O3. The summed E-state index contributed by atoms with van der Waals surface area (Å²) >= 11 is 0. The first-order valence-corrected chi connectivity index (χ1v) is 8.42. The van der Waals surface area contributed by atoms with Crippen LogP contribution in [0.2, 0.25) is 0 Å². The first-order valence-electron chi connectivity index (χ1n) is 8.42. The van der Waals surface area contributed by atoms with Crippen molar-refractivity contribution >= 4 is 17.7 Å². The average molecular weight is 329 g/mol. The SMILES string of the molecule is CC1NCCN(C(=O)c2ccc(CC3CC(=O)NC3=O)cc2)C1C. The van der Waals surface area contributed by atoms with Crippen LogP contribution in [-0.2, 0) is 16.0 Å². The summed E-state index contributed by atoms with van der Waals surface area (Å²) < 4.78 is 0. The Hall–Kier alpha value is -2.21. The molecular weight excluding hydrogens is 306 g/mol. The normalized spacial score (nSPS) is 27.2. The molecule has 2 N–H and O–H groups in total. The fourth-order valence-electron chi connectivity index (χ4n) is 3.35. The Morgan fingerprint density at radius 2 is 1.92 bits per heavy atom. The molecule has 0 radical (unpaired) electrons. The van der Waals surface area contributed by atoms with Gasteiger partial charge in [-0.15, -0.1) is 0 Å². The van der Waals surface area contributed by atoms with Gasteiger partial charge in [-0.3, -0.25) is 19.7 Å². The zero-order valence-electron chi connectivity index (χ0n) is 14.0. The fourth-order valence-corrected chi connectivity index (χ4v) is 3.35. The molecule has 2 saturated heterocycles. The molecule has 24 heavy (non-hydrogen) atoms. The predicted molar refractivity (Wildman–Crippen MR) is 89.4 cm³/mol. The van der Waals surface area contributed by atoms with Crippen LogP contribution in [0, 0.1) is 5.92 Å². The van der Waals surface area contributed by atoms with Gasteiger partial charge < -0.3 is 10.2 Å². The second-order valence-electron chi connectivity index (χ2n) is 6.70. The molecule has 3 rings (SSSR count). The lowest BCUT2D eigenvalue weighted by atomic mass is 9.97. The summed E-state index contributed by atoms with van der Waals surface area (Å²) in [6.07, 6.45) is 0.767. The Morgan fingerprint density at radius 1 is 1.21 bits per heavy atom. The van der Waals surface area contributed by atoms with Crippen LogP contribution in [0.25, 0.3) is 0 Å². The quantitative estimate of drug-likeness (QED) is 0.801. The number of nitrogens with zero attached hydrogens (tertiary/aromatic N) is 1. The van der Waals surface area contributed by atoms with Crippen molar-refractivity contribution in [3.63, 3.8) is 0 Å². The van der Waals surface area contributed by atoms with Gasteiger partial charge in [-0.1, -0.05) is 12.1 Å². The minimum Gasteiger partial charge on any atom is -0.333 e. The molecule has 2 heterocycles. The third-order valence-electron chi connectivity index (χ3n) is 5.04. The van der Waals surface area contributed by atoms with E-state index in [0.29, 0.717) is 18.5 Å². The van der Waals surface area contributed by atoms with Crippen molar-refractivity contribution in [1.29, 1.82) is 0 Å². The van der Waals surface area contributed by atoms with Gasteiger partial charge in [-0.05, 0) is 38.0 Å². The standard InChI is InChI=1S/C18H23N3O3/c1-11-12(2)21(8-7-19-11)18(24)14-5-3-13(4-6-14)9-15-10-16(22)20-17(15)23/h3-6,11-12,15,19H,7-10H2,1-2H3,(H,20,22,23). The highest BCUT2D eigenvalue weighted by Gasteiger charge is 2.31. The molecule has 3 atom stereocenters. The molecule has 1 aromatic rings. The van der Waals surface area contributed by atoms with E-state index in [1.54, 1.807) is 0 Å². The van der Waals surface area contributed by atoms with Crippen molar-refractivity contribution < 1.29 is 14.4 Å². The second kappa shape index (κ2) is 6.73.